The third kappa shape index (κ3) is 6.68. The normalized spacial score (nSPS) is 19.5. The van der Waals surface area contributed by atoms with E-state index in [1.165, 1.54) is 0 Å². The Balaban J connectivity index is 1.90. The molecule has 1 aliphatic heterocycles. The molecule has 9 heteroatoms. The number of rotatable bonds is 11. The summed E-state index contributed by atoms with van der Waals surface area (Å²) in [6, 6.07) is 19.0. The van der Waals surface area contributed by atoms with Gasteiger partial charge in [-0.25, -0.2) is 16.8 Å². The number of hydrogen-bond donors (Lipinski definition) is 2. The minimum absolute atomic E-state index is 0.119. The van der Waals surface area contributed by atoms with Crippen LogP contribution in [-0.2, 0) is 19.9 Å². The highest BCUT2D eigenvalue weighted by molar-refractivity contribution is 7.92. The maximum absolute atomic E-state index is 14.1. The molecule has 0 radical (unpaired) electrons. The van der Waals surface area contributed by atoms with Crippen molar-refractivity contribution < 1.29 is 21.9 Å². The van der Waals surface area contributed by atoms with E-state index in [0.717, 1.165) is 36.9 Å². The van der Waals surface area contributed by atoms with E-state index < -0.39 is 37.3 Å². The van der Waals surface area contributed by atoms with Crippen molar-refractivity contribution in [2.45, 2.75) is 81.1 Å². The van der Waals surface area contributed by atoms with Crippen LogP contribution >= 0.6 is 0 Å². The number of aliphatic hydroxyl groups excluding tert-OH is 1. The van der Waals surface area contributed by atoms with Gasteiger partial charge < -0.3 is 10.0 Å². The van der Waals surface area contributed by atoms with Crippen molar-refractivity contribution in [1.29, 1.82) is 0 Å². The number of hydrogen-bond acceptors (Lipinski definition) is 6. The van der Waals surface area contributed by atoms with Crippen molar-refractivity contribution >= 4 is 31.2 Å². The van der Waals surface area contributed by atoms with Crippen LogP contribution in [0.5, 0.6) is 0 Å². The van der Waals surface area contributed by atoms with Crippen LogP contribution in [0, 0.1) is 12.3 Å². The summed E-state index contributed by atoms with van der Waals surface area (Å²) in [5.41, 5.74) is 2.38. The highest BCUT2D eigenvalue weighted by Crippen LogP contribution is 2.50. The van der Waals surface area contributed by atoms with Gasteiger partial charge >= 0.3 is 0 Å². The van der Waals surface area contributed by atoms with Gasteiger partial charge in [-0.1, -0.05) is 63.8 Å². The number of sulfone groups is 1. The Morgan fingerprint density at radius 3 is 2.24 bits per heavy atom. The van der Waals surface area contributed by atoms with Gasteiger partial charge in [0.2, 0.25) is 0 Å². The van der Waals surface area contributed by atoms with Crippen LogP contribution in [0.2, 0.25) is 0 Å². The molecule has 1 aliphatic rings. The van der Waals surface area contributed by atoms with Crippen LogP contribution in [0.4, 0.5) is 11.4 Å². The first-order valence-electron chi connectivity index (χ1n) is 14.7. The van der Waals surface area contributed by atoms with Crippen LogP contribution < -0.4 is 9.62 Å². The maximum Gasteiger partial charge on any atom is 0.261 e. The summed E-state index contributed by atoms with van der Waals surface area (Å²) in [5, 5.41) is 12.4. The maximum atomic E-state index is 14.1. The van der Waals surface area contributed by atoms with E-state index in [9.17, 15) is 21.9 Å². The summed E-state index contributed by atoms with van der Waals surface area (Å²) in [7, 11) is -3.81. The molecule has 3 aromatic carbocycles. The Morgan fingerprint density at radius 2 is 1.62 bits per heavy atom. The summed E-state index contributed by atoms with van der Waals surface area (Å²) in [4.78, 5) is 2.31. The van der Waals surface area contributed by atoms with Gasteiger partial charge in [0, 0.05) is 36.8 Å². The number of anilines is 2. The third-order valence-electron chi connectivity index (χ3n) is 8.45. The molecular weight excluding hydrogens is 569 g/mol. The van der Waals surface area contributed by atoms with Gasteiger partial charge in [0.1, 0.15) is 0 Å². The van der Waals surface area contributed by atoms with Crippen molar-refractivity contribution in [3.8, 4) is 0 Å². The highest BCUT2D eigenvalue weighted by Gasteiger charge is 2.49. The Kier molecular flexibility index (Phi) is 9.75. The molecule has 0 amide bonds. The summed E-state index contributed by atoms with van der Waals surface area (Å²) in [6.07, 6.45) is 3.58. The number of fused-ring (bicyclic) bond motifs is 1. The lowest BCUT2D eigenvalue weighted by atomic mass is 9.68. The van der Waals surface area contributed by atoms with E-state index >= 15 is 0 Å². The number of aliphatic hydroxyl groups is 1. The molecule has 2 N–H and O–H groups in total. The predicted molar refractivity (Wildman–Crippen MR) is 171 cm³/mol. The first kappa shape index (κ1) is 32.0. The SMILES string of the molecule is CCCCC1(CCCC)CS(=O)(=O)c2ccc(N(C)C)cc2[C@@H](c2cccc(NS(=O)(=O)c3cccc(C)c3)c2)[C@H]1O. The van der Waals surface area contributed by atoms with Crippen molar-refractivity contribution in [2.24, 2.45) is 5.41 Å². The molecule has 0 spiro atoms. The Morgan fingerprint density at radius 1 is 0.952 bits per heavy atom. The van der Waals surface area contributed by atoms with Crippen molar-refractivity contribution in [1.82, 2.24) is 0 Å². The summed E-state index contributed by atoms with van der Waals surface area (Å²) >= 11 is 0. The fourth-order valence-electron chi connectivity index (χ4n) is 6.18. The predicted octanol–water partition coefficient (Wildman–Crippen LogP) is 6.51. The summed E-state index contributed by atoms with van der Waals surface area (Å²) in [6.45, 7) is 5.99. The van der Waals surface area contributed by atoms with Gasteiger partial charge in [-0.2, -0.15) is 0 Å². The molecule has 42 heavy (non-hydrogen) atoms. The van der Waals surface area contributed by atoms with Gasteiger partial charge in [0.15, 0.2) is 9.84 Å². The lowest BCUT2D eigenvalue weighted by molar-refractivity contribution is 0.0127. The van der Waals surface area contributed by atoms with Crippen LogP contribution in [0.3, 0.4) is 0 Å². The van der Waals surface area contributed by atoms with E-state index in [4.69, 9.17) is 0 Å². The zero-order valence-corrected chi connectivity index (χ0v) is 26.9. The molecule has 228 valence electrons. The second-order valence-electron chi connectivity index (χ2n) is 11.9. The first-order valence-corrected chi connectivity index (χ1v) is 17.9. The molecule has 2 atom stereocenters. The van der Waals surface area contributed by atoms with Gasteiger partial charge in [0.25, 0.3) is 10.0 Å². The summed E-state index contributed by atoms with van der Waals surface area (Å²) in [5.74, 6) is -0.791. The van der Waals surface area contributed by atoms with Crippen LogP contribution in [0.15, 0.2) is 76.5 Å². The molecule has 0 saturated heterocycles. The fraction of sp³-hybridized carbons (Fsp3) is 0.455. The zero-order chi connectivity index (χ0) is 30.7. The molecule has 0 aliphatic carbocycles. The molecule has 0 fully saturated rings. The minimum Gasteiger partial charge on any atom is -0.392 e. The van der Waals surface area contributed by atoms with Gasteiger partial charge in [-0.15, -0.1) is 0 Å². The van der Waals surface area contributed by atoms with Crippen LogP contribution in [0.1, 0.15) is 75.0 Å². The monoisotopic (exact) mass is 612 g/mol. The molecule has 3 aromatic rings. The molecule has 4 rings (SSSR count). The summed E-state index contributed by atoms with van der Waals surface area (Å²) < 4.78 is 57.3. The van der Waals surface area contributed by atoms with E-state index in [1.54, 1.807) is 48.5 Å². The van der Waals surface area contributed by atoms with Crippen molar-refractivity contribution in [3.05, 3.63) is 83.4 Å². The average Bonchev–Trinajstić information content (AvgIpc) is 3.01. The fourth-order valence-corrected chi connectivity index (χ4v) is 9.53. The molecule has 7 nitrogen and oxygen atoms in total. The van der Waals surface area contributed by atoms with Crippen LogP contribution in [-0.4, -0.2) is 47.9 Å². The number of nitrogens with one attached hydrogen (secondary N) is 1. The molecule has 0 aromatic heterocycles. The standard InChI is InChI=1S/C33H44N2O5S2/c1-6-8-18-33(19-9-7-2)23-41(37,38)30-17-16-27(35(4)5)22-29(30)31(32(33)36)25-13-11-14-26(21-25)34-42(39,40)28-15-10-12-24(3)20-28/h10-17,20-22,31-32,34,36H,6-9,18-19,23H2,1-5H3/t31-,32-/m1/s1. The Labute approximate surface area is 252 Å². The van der Waals surface area contributed by atoms with Gasteiger partial charge in [-0.05, 0) is 78.9 Å². The second-order valence-corrected chi connectivity index (χ2v) is 15.6. The second kappa shape index (κ2) is 12.8. The lowest BCUT2D eigenvalue weighted by Crippen LogP contribution is -2.43. The lowest BCUT2D eigenvalue weighted by Gasteiger charge is -2.40. The Bertz CT molecular complexity index is 1610. The molecular formula is C33H44N2O5S2. The van der Waals surface area contributed by atoms with E-state index in [-0.39, 0.29) is 15.5 Å². The van der Waals surface area contributed by atoms with Crippen molar-refractivity contribution in [3.63, 3.8) is 0 Å². The Hall–Kier alpha value is -2.88. The molecule has 0 bridgehead atoms. The molecule has 0 saturated carbocycles. The third-order valence-corrected chi connectivity index (χ3v) is 11.8. The van der Waals surface area contributed by atoms with E-state index in [2.05, 4.69) is 18.6 Å². The first-order chi connectivity index (χ1) is 19.8. The number of aryl methyl sites for hydroxylation is 1. The number of sulfonamides is 1. The van der Waals surface area contributed by atoms with Gasteiger partial charge in [-0.3, -0.25) is 4.72 Å². The van der Waals surface area contributed by atoms with E-state index in [1.807, 2.05) is 44.1 Å². The highest BCUT2D eigenvalue weighted by atomic mass is 32.2. The molecule has 1 heterocycles. The average molecular weight is 613 g/mol. The topological polar surface area (TPSA) is 104 Å². The quantitative estimate of drug-likeness (QED) is 0.256. The minimum atomic E-state index is -3.86. The number of benzene rings is 3. The largest absolute Gasteiger partial charge is 0.392 e. The molecule has 0 unspecified atom stereocenters. The van der Waals surface area contributed by atoms with Crippen LogP contribution in [0.25, 0.3) is 0 Å². The number of nitrogens with zero attached hydrogens (tertiary/aromatic N) is 1. The number of unbranched alkanes of at least 4 members (excludes halogenated alkanes) is 2. The smallest absolute Gasteiger partial charge is 0.261 e. The van der Waals surface area contributed by atoms with Crippen molar-refractivity contribution in [2.75, 3.05) is 29.5 Å². The van der Waals surface area contributed by atoms with Gasteiger partial charge in [0.05, 0.1) is 21.6 Å². The van der Waals surface area contributed by atoms with E-state index in [0.29, 0.717) is 29.7 Å². The zero-order valence-electron chi connectivity index (χ0n) is 25.3.